The maximum atomic E-state index is 12.7. The normalized spacial score (nSPS) is 11.6. The van der Waals surface area contributed by atoms with Crippen molar-refractivity contribution >= 4 is 29.3 Å². The minimum Gasteiger partial charge on any atom is -0.435 e. The van der Waals surface area contributed by atoms with Crippen LogP contribution in [0.3, 0.4) is 0 Å². The molecular weight excluding hydrogens is 434 g/mol. The molecule has 0 radical (unpaired) electrons. The number of carbonyl (C=O) groups is 2. The number of ether oxygens (including phenoxy) is 1. The van der Waals surface area contributed by atoms with Crippen molar-refractivity contribution in [3.05, 3.63) is 90.0 Å². The van der Waals surface area contributed by atoms with Gasteiger partial charge in [0.15, 0.2) is 0 Å². The lowest BCUT2D eigenvalue weighted by atomic mass is 9.98. The fourth-order valence-corrected chi connectivity index (χ4v) is 3.75. The Hall–Kier alpha value is -3.39. The van der Waals surface area contributed by atoms with E-state index in [2.05, 4.69) is 15.4 Å². The van der Waals surface area contributed by atoms with E-state index in [1.807, 2.05) is 42.5 Å². The molecule has 0 saturated carbocycles. The predicted molar refractivity (Wildman–Crippen MR) is 121 cm³/mol. The van der Waals surface area contributed by atoms with Gasteiger partial charge in [-0.25, -0.2) is 0 Å². The van der Waals surface area contributed by atoms with Crippen molar-refractivity contribution in [3.8, 4) is 5.75 Å². The average molecular weight is 457 g/mol. The molecule has 1 unspecified atom stereocenters. The van der Waals surface area contributed by atoms with Crippen LogP contribution < -0.4 is 15.4 Å². The Bertz CT molecular complexity index is 1030. The third-order valence-electron chi connectivity index (χ3n) is 4.42. The van der Waals surface area contributed by atoms with Crippen LogP contribution in [0.1, 0.15) is 24.1 Å². The van der Waals surface area contributed by atoms with Crippen LogP contribution in [-0.2, 0) is 9.59 Å². The molecule has 3 aromatic rings. The van der Waals surface area contributed by atoms with Gasteiger partial charge >= 0.3 is 6.61 Å². The van der Waals surface area contributed by atoms with E-state index >= 15 is 0 Å². The Morgan fingerprint density at radius 1 is 0.906 bits per heavy atom. The number of hydrogen-bond donors (Lipinski definition) is 2. The first-order chi connectivity index (χ1) is 15.4. The van der Waals surface area contributed by atoms with Crippen LogP contribution in [-0.4, -0.2) is 24.2 Å². The van der Waals surface area contributed by atoms with Crippen molar-refractivity contribution in [2.75, 3.05) is 11.1 Å². The van der Waals surface area contributed by atoms with Crippen molar-refractivity contribution in [2.24, 2.45) is 0 Å². The molecule has 0 saturated heterocycles. The summed E-state index contributed by atoms with van der Waals surface area (Å²) in [5.74, 6) is -0.0801. The average Bonchev–Trinajstić information content (AvgIpc) is 2.77. The molecule has 8 heteroatoms. The third kappa shape index (κ3) is 7.09. The SMILES string of the molecule is CC(=O)Nc1ccc(SCC(=O)NC(c2ccccc2)c2ccc(OC(F)F)cc2)cc1. The van der Waals surface area contributed by atoms with E-state index in [-0.39, 0.29) is 23.3 Å². The summed E-state index contributed by atoms with van der Waals surface area (Å²) in [6, 6.07) is 22.4. The largest absolute Gasteiger partial charge is 0.435 e. The van der Waals surface area contributed by atoms with Gasteiger partial charge in [0, 0.05) is 17.5 Å². The highest BCUT2D eigenvalue weighted by molar-refractivity contribution is 8.00. The van der Waals surface area contributed by atoms with Gasteiger partial charge in [0.1, 0.15) is 5.75 Å². The molecule has 0 heterocycles. The summed E-state index contributed by atoms with van der Waals surface area (Å²) in [4.78, 5) is 24.7. The van der Waals surface area contributed by atoms with E-state index in [0.717, 1.165) is 16.0 Å². The zero-order valence-electron chi connectivity index (χ0n) is 17.3. The first-order valence-electron chi connectivity index (χ1n) is 9.80. The molecule has 32 heavy (non-hydrogen) atoms. The Balaban J connectivity index is 1.67. The minimum atomic E-state index is -2.89. The minimum absolute atomic E-state index is 0.0557. The molecule has 0 aliphatic carbocycles. The van der Waals surface area contributed by atoms with Crippen LogP contribution in [0.25, 0.3) is 0 Å². The molecular formula is C24H22F2N2O3S. The molecule has 3 rings (SSSR count). The summed E-state index contributed by atoms with van der Waals surface area (Å²) < 4.78 is 29.2. The van der Waals surface area contributed by atoms with Crippen LogP contribution in [0.5, 0.6) is 5.75 Å². The number of amides is 2. The Kier molecular flexibility index (Phi) is 8.21. The highest BCUT2D eigenvalue weighted by Gasteiger charge is 2.17. The Morgan fingerprint density at radius 3 is 2.12 bits per heavy atom. The number of thioether (sulfide) groups is 1. The molecule has 5 nitrogen and oxygen atoms in total. The molecule has 0 aromatic heterocycles. The zero-order chi connectivity index (χ0) is 22.9. The van der Waals surface area contributed by atoms with Crippen molar-refractivity contribution in [1.82, 2.24) is 5.32 Å². The van der Waals surface area contributed by atoms with Gasteiger partial charge in [0.25, 0.3) is 0 Å². The zero-order valence-corrected chi connectivity index (χ0v) is 18.1. The maximum absolute atomic E-state index is 12.7. The van der Waals surface area contributed by atoms with Crippen LogP contribution >= 0.6 is 11.8 Å². The summed E-state index contributed by atoms with van der Waals surface area (Å²) in [5, 5.41) is 5.71. The number of carbonyl (C=O) groups excluding carboxylic acids is 2. The van der Waals surface area contributed by atoms with Crippen molar-refractivity contribution in [2.45, 2.75) is 24.5 Å². The lowest BCUT2D eigenvalue weighted by Gasteiger charge is -2.20. The molecule has 1 atom stereocenters. The fraction of sp³-hybridized carbons (Fsp3) is 0.167. The van der Waals surface area contributed by atoms with Gasteiger partial charge in [-0.2, -0.15) is 8.78 Å². The second-order valence-corrected chi connectivity index (χ2v) is 7.90. The summed E-state index contributed by atoms with van der Waals surface area (Å²) in [6.07, 6.45) is 0. The lowest BCUT2D eigenvalue weighted by Crippen LogP contribution is -2.30. The summed E-state index contributed by atoms with van der Waals surface area (Å²) in [7, 11) is 0. The summed E-state index contributed by atoms with van der Waals surface area (Å²) >= 11 is 1.37. The highest BCUT2D eigenvalue weighted by Crippen LogP contribution is 2.26. The maximum Gasteiger partial charge on any atom is 0.387 e. The number of rotatable bonds is 9. The number of hydrogen-bond acceptors (Lipinski definition) is 4. The number of benzene rings is 3. The molecule has 2 N–H and O–H groups in total. The van der Waals surface area contributed by atoms with E-state index in [0.29, 0.717) is 5.69 Å². The number of alkyl halides is 2. The van der Waals surface area contributed by atoms with E-state index in [4.69, 9.17) is 0 Å². The van der Waals surface area contributed by atoms with Gasteiger partial charge in [-0.3, -0.25) is 9.59 Å². The van der Waals surface area contributed by atoms with Crippen LogP contribution in [0.2, 0.25) is 0 Å². The molecule has 3 aromatic carbocycles. The molecule has 0 spiro atoms. The van der Waals surface area contributed by atoms with E-state index < -0.39 is 12.7 Å². The van der Waals surface area contributed by atoms with Crippen LogP contribution in [0, 0.1) is 0 Å². The van der Waals surface area contributed by atoms with Gasteiger partial charge < -0.3 is 15.4 Å². The summed E-state index contributed by atoms with van der Waals surface area (Å²) in [6.45, 7) is -1.45. The van der Waals surface area contributed by atoms with Crippen molar-refractivity contribution < 1.29 is 23.1 Å². The van der Waals surface area contributed by atoms with Crippen LogP contribution in [0.4, 0.5) is 14.5 Å². The van der Waals surface area contributed by atoms with E-state index in [1.54, 1.807) is 24.3 Å². The Morgan fingerprint density at radius 2 is 1.53 bits per heavy atom. The number of anilines is 1. The fourth-order valence-electron chi connectivity index (χ4n) is 3.04. The first-order valence-corrected chi connectivity index (χ1v) is 10.8. The highest BCUT2D eigenvalue weighted by atomic mass is 32.2. The van der Waals surface area contributed by atoms with Gasteiger partial charge in [-0.1, -0.05) is 42.5 Å². The monoisotopic (exact) mass is 456 g/mol. The lowest BCUT2D eigenvalue weighted by molar-refractivity contribution is -0.119. The second-order valence-electron chi connectivity index (χ2n) is 6.85. The first kappa shape index (κ1) is 23.3. The molecule has 166 valence electrons. The third-order valence-corrected chi connectivity index (χ3v) is 5.43. The molecule has 0 fully saturated rings. The number of nitrogens with one attached hydrogen (secondary N) is 2. The van der Waals surface area contributed by atoms with Crippen molar-refractivity contribution in [3.63, 3.8) is 0 Å². The Labute approximate surface area is 189 Å². The smallest absolute Gasteiger partial charge is 0.387 e. The summed E-state index contributed by atoms with van der Waals surface area (Å²) in [5.41, 5.74) is 2.30. The molecule has 0 aliphatic rings. The molecule has 0 bridgehead atoms. The number of halogens is 2. The second kappa shape index (κ2) is 11.3. The van der Waals surface area contributed by atoms with Gasteiger partial charge in [0.2, 0.25) is 11.8 Å². The van der Waals surface area contributed by atoms with E-state index in [1.165, 1.54) is 30.8 Å². The standard InChI is InChI=1S/C24H22F2N2O3S/c1-16(29)27-19-9-13-21(14-10-19)32-15-22(30)28-23(17-5-3-2-4-6-17)18-7-11-20(12-8-18)31-24(25)26/h2-14,23-24H,15H2,1H3,(H,27,29)(H,28,30). The molecule has 0 aliphatic heterocycles. The topological polar surface area (TPSA) is 67.4 Å². The van der Waals surface area contributed by atoms with E-state index in [9.17, 15) is 18.4 Å². The predicted octanol–water partition coefficient (Wildman–Crippen LogP) is 5.24. The van der Waals surface area contributed by atoms with Gasteiger partial charge in [-0.05, 0) is 47.5 Å². The van der Waals surface area contributed by atoms with Crippen LogP contribution in [0.15, 0.2) is 83.8 Å². The quantitative estimate of drug-likeness (QED) is 0.432. The van der Waals surface area contributed by atoms with Gasteiger partial charge in [-0.15, -0.1) is 11.8 Å². The molecule has 2 amide bonds. The van der Waals surface area contributed by atoms with Crippen molar-refractivity contribution in [1.29, 1.82) is 0 Å². The van der Waals surface area contributed by atoms with Gasteiger partial charge in [0.05, 0.1) is 11.8 Å².